The third kappa shape index (κ3) is 3.40. The van der Waals surface area contributed by atoms with Gasteiger partial charge in [0.25, 0.3) is 17.1 Å². The van der Waals surface area contributed by atoms with Gasteiger partial charge in [-0.15, -0.1) is 5.06 Å². The molecule has 1 aromatic heterocycles. The van der Waals surface area contributed by atoms with Gasteiger partial charge in [-0.2, -0.15) is 0 Å². The number of hydrogen-bond donors (Lipinski definition) is 6. The molecule has 1 aliphatic heterocycles. The lowest BCUT2D eigenvalue weighted by molar-refractivity contribution is -0.433. The second-order valence-electron chi connectivity index (χ2n) is 6.71. The number of hydroxylamine groups is 2. The molecule has 0 amide bonds. The van der Waals surface area contributed by atoms with E-state index in [9.17, 15) is 35.2 Å². The van der Waals surface area contributed by atoms with Crippen LogP contribution in [0.4, 0.5) is 4.39 Å². The van der Waals surface area contributed by atoms with Gasteiger partial charge in [0.1, 0.15) is 6.10 Å². The highest BCUT2D eigenvalue weighted by atomic mass is 127. The van der Waals surface area contributed by atoms with Crippen LogP contribution in [0.1, 0.15) is 5.56 Å². The van der Waals surface area contributed by atoms with Gasteiger partial charge in [-0.25, -0.2) is 13.8 Å². The molecule has 0 spiro atoms. The maximum Gasteiger partial charge on any atom is 0.332 e. The van der Waals surface area contributed by atoms with Crippen LogP contribution in [0, 0.1) is 3.57 Å². The molecule has 2 aromatic rings. The average molecular weight is 539 g/mol. The lowest BCUT2D eigenvalue weighted by atomic mass is 9.97. The fourth-order valence-corrected chi connectivity index (χ4v) is 3.67. The molecule has 11 nitrogen and oxygen atoms in total. The van der Waals surface area contributed by atoms with Crippen molar-refractivity contribution in [1.29, 1.82) is 0 Å². The second kappa shape index (κ2) is 8.08. The van der Waals surface area contributed by atoms with Gasteiger partial charge >= 0.3 is 11.6 Å². The summed E-state index contributed by atoms with van der Waals surface area (Å²) in [7, 11) is 0. The SMILES string of the molecule is O=c1[nH]c(=O)n([C@]2(O)O[C@H](CO)[C@](O)(F)[C@]2(O)N(O)CCc2ccccc2)cc1I. The summed E-state index contributed by atoms with van der Waals surface area (Å²) in [5, 5.41) is 52.1. The van der Waals surface area contributed by atoms with E-state index in [4.69, 9.17) is 4.74 Å². The Kier molecular flexibility index (Phi) is 6.18. The summed E-state index contributed by atoms with van der Waals surface area (Å²) in [6.07, 6.45) is -1.48. The van der Waals surface area contributed by atoms with Crippen molar-refractivity contribution in [3.63, 3.8) is 0 Å². The minimum Gasteiger partial charge on any atom is -0.393 e. The van der Waals surface area contributed by atoms with Crippen LogP contribution in [0.5, 0.6) is 0 Å². The molecule has 30 heavy (non-hydrogen) atoms. The fraction of sp³-hybridized carbons (Fsp3) is 0.412. The van der Waals surface area contributed by atoms with Crippen LogP contribution in [0.2, 0.25) is 0 Å². The first-order valence-electron chi connectivity index (χ1n) is 8.66. The van der Waals surface area contributed by atoms with E-state index < -0.39 is 48.0 Å². The predicted molar refractivity (Wildman–Crippen MR) is 106 cm³/mol. The van der Waals surface area contributed by atoms with Crippen LogP contribution >= 0.6 is 22.6 Å². The molecule has 0 bridgehead atoms. The van der Waals surface area contributed by atoms with Crippen molar-refractivity contribution in [3.8, 4) is 0 Å². The normalized spacial score (nSPS) is 31.4. The number of aromatic nitrogens is 2. The minimum absolute atomic E-state index is 0.0354. The Morgan fingerprint density at radius 2 is 1.87 bits per heavy atom. The summed E-state index contributed by atoms with van der Waals surface area (Å²) in [5.41, 5.74) is -5.17. The molecule has 2 heterocycles. The number of aliphatic hydroxyl groups is 4. The Morgan fingerprint density at radius 3 is 2.47 bits per heavy atom. The number of aromatic amines is 1. The molecule has 6 N–H and O–H groups in total. The van der Waals surface area contributed by atoms with Crippen LogP contribution in [0.3, 0.4) is 0 Å². The zero-order valence-corrected chi connectivity index (χ0v) is 17.4. The first kappa shape index (κ1) is 23.0. The molecule has 4 atom stereocenters. The van der Waals surface area contributed by atoms with Crippen LogP contribution in [-0.4, -0.2) is 71.1 Å². The summed E-state index contributed by atoms with van der Waals surface area (Å²) in [6, 6.07) is 8.52. The number of rotatable bonds is 6. The predicted octanol–water partition coefficient (Wildman–Crippen LogP) is -1.58. The Labute approximate surface area is 181 Å². The van der Waals surface area contributed by atoms with E-state index in [0.29, 0.717) is 5.56 Å². The van der Waals surface area contributed by atoms with Crippen LogP contribution in [0.25, 0.3) is 0 Å². The van der Waals surface area contributed by atoms with Crippen LogP contribution < -0.4 is 11.2 Å². The van der Waals surface area contributed by atoms with Crippen molar-refractivity contribution in [3.05, 3.63) is 66.5 Å². The van der Waals surface area contributed by atoms with Crippen molar-refractivity contribution in [1.82, 2.24) is 14.6 Å². The van der Waals surface area contributed by atoms with E-state index >= 15 is 4.39 Å². The third-order valence-electron chi connectivity index (χ3n) is 4.90. The van der Waals surface area contributed by atoms with Crippen LogP contribution in [-0.2, 0) is 17.1 Å². The highest BCUT2D eigenvalue weighted by molar-refractivity contribution is 14.1. The van der Waals surface area contributed by atoms with Gasteiger partial charge in [0.15, 0.2) is 0 Å². The molecule has 1 aromatic carbocycles. The zero-order chi connectivity index (χ0) is 22.3. The standard InChI is InChI=1S/C17H19FIN3O8/c18-15(26)12(9-23)30-17(28,21-8-11(19)13(24)20-14(21)25)16(15,27)22(29)7-6-10-4-2-1-3-5-10/h1-5,8,12,23,26-29H,6-7,9H2,(H,20,24,25)/t12-,15-,16-,17-/m1/s1. The lowest BCUT2D eigenvalue weighted by Crippen LogP contribution is -2.72. The summed E-state index contributed by atoms with van der Waals surface area (Å²) < 4.78 is 20.2. The summed E-state index contributed by atoms with van der Waals surface area (Å²) in [4.78, 5) is 25.7. The summed E-state index contributed by atoms with van der Waals surface area (Å²) >= 11 is 1.50. The number of alkyl halides is 1. The van der Waals surface area contributed by atoms with E-state index in [1.807, 2.05) is 4.98 Å². The third-order valence-corrected chi connectivity index (χ3v) is 5.66. The maximum absolute atomic E-state index is 15.3. The first-order chi connectivity index (χ1) is 14.0. The van der Waals surface area contributed by atoms with E-state index in [1.54, 1.807) is 30.3 Å². The van der Waals surface area contributed by atoms with E-state index in [2.05, 4.69) is 0 Å². The van der Waals surface area contributed by atoms with E-state index in [1.165, 1.54) is 22.6 Å². The molecule has 13 heteroatoms. The van der Waals surface area contributed by atoms with E-state index in [-0.39, 0.29) is 19.6 Å². The van der Waals surface area contributed by atoms with Gasteiger partial charge in [0.05, 0.1) is 10.2 Å². The van der Waals surface area contributed by atoms with Gasteiger partial charge in [-0.3, -0.25) is 9.78 Å². The van der Waals surface area contributed by atoms with Gasteiger partial charge in [-0.1, -0.05) is 30.3 Å². The molecule has 0 unspecified atom stereocenters. The molecule has 164 valence electrons. The number of halogens is 2. The van der Waals surface area contributed by atoms with Gasteiger partial charge in [0.2, 0.25) is 0 Å². The zero-order valence-electron chi connectivity index (χ0n) is 15.3. The summed E-state index contributed by atoms with van der Waals surface area (Å²) in [5.74, 6) is -7.38. The lowest BCUT2D eigenvalue weighted by Gasteiger charge is -2.43. The topological polar surface area (TPSA) is 168 Å². The monoisotopic (exact) mass is 539 g/mol. The Morgan fingerprint density at radius 1 is 1.23 bits per heavy atom. The number of nitrogens with one attached hydrogen (secondary N) is 1. The van der Waals surface area contributed by atoms with Crippen LogP contribution in [0.15, 0.2) is 46.1 Å². The molecular weight excluding hydrogens is 520 g/mol. The molecule has 1 saturated heterocycles. The highest BCUT2D eigenvalue weighted by Crippen LogP contribution is 2.50. The number of aliphatic hydroxyl groups excluding tert-OH is 1. The Hall–Kier alpha value is -1.72. The second-order valence-corrected chi connectivity index (χ2v) is 7.87. The minimum atomic E-state index is -3.94. The van der Waals surface area contributed by atoms with Gasteiger partial charge < -0.3 is 30.4 Å². The molecule has 0 aliphatic carbocycles. The number of benzene rings is 1. The maximum atomic E-state index is 15.3. The van der Waals surface area contributed by atoms with E-state index in [0.717, 1.165) is 6.20 Å². The number of hydrogen-bond acceptors (Lipinski definition) is 9. The van der Waals surface area contributed by atoms with Crippen molar-refractivity contribution < 1.29 is 34.8 Å². The highest BCUT2D eigenvalue weighted by Gasteiger charge is 2.79. The van der Waals surface area contributed by atoms with Crippen molar-refractivity contribution in [2.24, 2.45) is 0 Å². The van der Waals surface area contributed by atoms with Crippen molar-refractivity contribution in [2.75, 3.05) is 13.2 Å². The quantitative estimate of drug-likeness (QED) is 0.144. The Bertz CT molecular complexity index is 1030. The first-order valence-corrected chi connectivity index (χ1v) is 9.74. The van der Waals surface area contributed by atoms with Gasteiger partial charge in [-0.05, 0) is 34.6 Å². The largest absolute Gasteiger partial charge is 0.393 e. The smallest absolute Gasteiger partial charge is 0.332 e. The number of H-pyrrole nitrogens is 1. The molecule has 3 rings (SSSR count). The van der Waals surface area contributed by atoms with Crippen molar-refractivity contribution in [2.45, 2.75) is 30.0 Å². The fourth-order valence-electron chi connectivity index (χ4n) is 3.26. The molecule has 1 aliphatic rings. The summed E-state index contributed by atoms with van der Waals surface area (Å²) in [6.45, 7) is -1.74. The molecule has 0 radical (unpaired) electrons. The number of nitrogens with zero attached hydrogens (tertiary/aromatic N) is 2. The molecule has 1 fully saturated rings. The average Bonchev–Trinajstić information content (AvgIpc) is 2.87. The molecule has 0 saturated carbocycles. The molecular formula is C17H19FIN3O8. The number of ether oxygens (including phenoxy) is 1. The Balaban J connectivity index is 2.10. The van der Waals surface area contributed by atoms with Crippen molar-refractivity contribution >= 4 is 22.6 Å². The van der Waals surface area contributed by atoms with Gasteiger partial charge in [0, 0.05) is 12.7 Å².